The summed E-state index contributed by atoms with van der Waals surface area (Å²) in [6.07, 6.45) is 1.56. The topological polar surface area (TPSA) is 37.3 Å². The van der Waals surface area contributed by atoms with Crippen molar-refractivity contribution in [2.45, 2.75) is 19.8 Å². The van der Waals surface area contributed by atoms with E-state index in [1.54, 1.807) is 0 Å². The predicted octanol–water partition coefficient (Wildman–Crippen LogP) is 1.67. The Labute approximate surface area is 60.6 Å². The number of aliphatic carboxylic acids is 1. The molecule has 0 heterocycles. The van der Waals surface area contributed by atoms with Crippen molar-refractivity contribution in [3.05, 3.63) is 12.2 Å². The smallest absolute Gasteiger partial charge is 0.307 e. The van der Waals surface area contributed by atoms with Crippen LogP contribution in [-0.4, -0.2) is 11.1 Å². The quantitative estimate of drug-likeness (QED) is 0.562. The molecule has 2 heteroatoms. The Morgan fingerprint density at radius 2 is 2.30 bits per heavy atom. The second kappa shape index (κ2) is 2.45. The zero-order chi connectivity index (χ0) is 7.72. The van der Waals surface area contributed by atoms with Crippen LogP contribution in [0.4, 0.5) is 0 Å². The first-order valence-electron chi connectivity index (χ1n) is 3.50. The van der Waals surface area contributed by atoms with Crippen molar-refractivity contribution in [3.8, 4) is 0 Å². The Bertz CT molecular complexity index is 172. The third kappa shape index (κ3) is 1.20. The maximum absolute atomic E-state index is 10.5. The van der Waals surface area contributed by atoms with Crippen molar-refractivity contribution >= 4 is 5.97 Å². The average Bonchev–Trinajstić information content (AvgIpc) is 2.10. The predicted molar refractivity (Wildman–Crippen MR) is 38.7 cm³/mol. The molecule has 2 atom stereocenters. The molecule has 1 N–H and O–H groups in total. The molecule has 1 aliphatic carbocycles. The van der Waals surface area contributed by atoms with Gasteiger partial charge >= 0.3 is 5.97 Å². The Morgan fingerprint density at radius 3 is 2.50 bits per heavy atom. The SMILES string of the molecule is C=C1C[C@H](C(=O)O)[C@@H](C)C1. The van der Waals surface area contributed by atoms with E-state index < -0.39 is 5.97 Å². The molecule has 0 bridgehead atoms. The van der Waals surface area contributed by atoms with Crippen molar-refractivity contribution in [2.75, 3.05) is 0 Å². The van der Waals surface area contributed by atoms with Crippen LogP contribution in [-0.2, 0) is 4.79 Å². The zero-order valence-corrected chi connectivity index (χ0v) is 6.13. The summed E-state index contributed by atoms with van der Waals surface area (Å²) in [5.41, 5.74) is 1.08. The van der Waals surface area contributed by atoms with Crippen LogP contribution >= 0.6 is 0 Å². The molecule has 2 nitrogen and oxygen atoms in total. The fourth-order valence-corrected chi connectivity index (χ4v) is 1.52. The number of rotatable bonds is 1. The fourth-order valence-electron chi connectivity index (χ4n) is 1.52. The molecule has 0 unspecified atom stereocenters. The maximum atomic E-state index is 10.5. The molecule has 0 aromatic carbocycles. The summed E-state index contributed by atoms with van der Waals surface area (Å²) in [6.45, 7) is 5.74. The van der Waals surface area contributed by atoms with Crippen LogP contribution in [0.25, 0.3) is 0 Å². The molecule has 0 aromatic heterocycles. The molecule has 0 aromatic rings. The first-order valence-corrected chi connectivity index (χ1v) is 3.50. The number of hydrogen-bond donors (Lipinski definition) is 1. The van der Waals surface area contributed by atoms with E-state index in [2.05, 4.69) is 6.58 Å². The zero-order valence-electron chi connectivity index (χ0n) is 6.13. The minimum Gasteiger partial charge on any atom is -0.481 e. The van der Waals surface area contributed by atoms with Crippen molar-refractivity contribution in [3.63, 3.8) is 0 Å². The van der Waals surface area contributed by atoms with Gasteiger partial charge in [0.05, 0.1) is 5.92 Å². The van der Waals surface area contributed by atoms with E-state index in [-0.39, 0.29) is 11.8 Å². The second-order valence-electron chi connectivity index (χ2n) is 3.08. The molecule has 0 spiro atoms. The van der Waals surface area contributed by atoms with Crippen molar-refractivity contribution in [1.29, 1.82) is 0 Å². The minimum absolute atomic E-state index is 0.174. The van der Waals surface area contributed by atoms with Crippen LogP contribution in [0.2, 0.25) is 0 Å². The third-order valence-corrected chi connectivity index (χ3v) is 2.12. The Morgan fingerprint density at radius 1 is 1.70 bits per heavy atom. The van der Waals surface area contributed by atoms with Gasteiger partial charge in [-0.3, -0.25) is 4.79 Å². The standard InChI is InChI=1S/C8H12O2/c1-5-3-6(2)7(4-5)8(9)10/h6-7H,1,3-4H2,2H3,(H,9,10)/t6-,7-/m0/s1. The van der Waals surface area contributed by atoms with Gasteiger partial charge in [-0.05, 0) is 18.8 Å². The lowest BCUT2D eigenvalue weighted by Gasteiger charge is -2.06. The van der Waals surface area contributed by atoms with Gasteiger partial charge in [-0.25, -0.2) is 0 Å². The van der Waals surface area contributed by atoms with Gasteiger partial charge in [0.2, 0.25) is 0 Å². The molecular formula is C8H12O2. The van der Waals surface area contributed by atoms with Crippen LogP contribution in [0.5, 0.6) is 0 Å². The second-order valence-corrected chi connectivity index (χ2v) is 3.08. The van der Waals surface area contributed by atoms with Gasteiger partial charge in [0.1, 0.15) is 0 Å². The van der Waals surface area contributed by atoms with E-state index in [1.165, 1.54) is 0 Å². The number of carboxylic acids is 1. The third-order valence-electron chi connectivity index (χ3n) is 2.12. The average molecular weight is 140 g/mol. The summed E-state index contributed by atoms with van der Waals surface area (Å²) in [6, 6.07) is 0. The molecule has 56 valence electrons. The van der Waals surface area contributed by atoms with Gasteiger partial charge < -0.3 is 5.11 Å². The van der Waals surface area contributed by atoms with E-state index in [1.807, 2.05) is 6.92 Å². The largest absolute Gasteiger partial charge is 0.481 e. The van der Waals surface area contributed by atoms with E-state index in [4.69, 9.17) is 5.11 Å². The highest BCUT2D eigenvalue weighted by Crippen LogP contribution is 2.34. The normalized spacial score (nSPS) is 32.7. The van der Waals surface area contributed by atoms with E-state index >= 15 is 0 Å². The van der Waals surface area contributed by atoms with E-state index in [9.17, 15) is 4.79 Å². The van der Waals surface area contributed by atoms with Crippen molar-refractivity contribution < 1.29 is 9.90 Å². The lowest BCUT2D eigenvalue weighted by Crippen LogP contribution is -2.15. The number of carboxylic acid groups (broad SMARTS) is 1. The molecule has 1 aliphatic rings. The van der Waals surface area contributed by atoms with Crippen LogP contribution in [0.3, 0.4) is 0 Å². The first-order chi connectivity index (χ1) is 4.61. The maximum Gasteiger partial charge on any atom is 0.307 e. The highest BCUT2D eigenvalue weighted by molar-refractivity contribution is 5.71. The summed E-state index contributed by atoms with van der Waals surface area (Å²) in [5, 5.41) is 8.66. The Kier molecular flexibility index (Phi) is 1.79. The van der Waals surface area contributed by atoms with Gasteiger partial charge in [-0.15, -0.1) is 0 Å². The summed E-state index contributed by atoms with van der Waals surface area (Å²) < 4.78 is 0. The van der Waals surface area contributed by atoms with Crippen LogP contribution in [0.15, 0.2) is 12.2 Å². The number of allylic oxidation sites excluding steroid dienone is 1. The number of hydrogen-bond acceptors (Lipinski definition) is 1. The highest BCUT2D eigenvalue weighted by Gasteiger charge is 2.31. The highest BCUT2D eigenvalue weighted by atomic mass is 16.4. The molecule has 1 rings (SSSR count). The molecule has 10 heavy (non-hydrogen) atoms. The lowest BCUT2D eigenvalue weighted by molar-refractivity contribution is -0.142. The molecular weight excluding hydrogens is 128 g/mol. The Balaban J connectivity index is 2.63. The van der Waals surface area contributed by atoms with Gasteiger partial charge in [-0.2, -0.15) is 0 Å². The molecule has 0 radical (unpaired) electrons. The van der Waals surface area contributed by atoms with Crippen LogP contribution in [0.1, 0.15) is 19.8 Å². The van der Waals surface area contributed by atoms with Crippen LogP contribution < -0.4 is 0 Å². The molecule has 0 amide bonds. The molecule has 1 saturated carbocycles. The lowest BCUT2D eigenvalue weighted by atomic mass is 9.99. The van der Waals surface area contributed by atoms with E-state index in [0.29, 0.717) is 6.42 Å². The molecule has 1 fully saturated rings. The fraction of sp³-hybridized carbons (Fsp3) is 0.625. The van der Waals surface area contributed by atoms with E-state index in [0.717, 1.165) is 12.0 Å². The molecule has 0 saturated heterocycles. The summed E-state index contributed by atoms with van der Waals surface area (Å²) in [5.74, 6) is -0.566. The van der Waals surface area contributed by atoms with Gasteiger partial charge in [0.15, 0.2) is 0 Å². The van der Waals surface area contributed by atoms with Crippen LogP contribution in [0, 0.1) is 11.8 Å². The Hall–Kier alpha value is -0.790. The molecule has 0 aliphatic heterocycles. The summed E-state index contributed by atoms with van der Waals surface area (Å²) >= 11 is 0. The first kappa shape index (κ1) is 7.32. The minimum atomic E-state index is -0.675. The van der Waals surface area contributed by atoms with Gasteiger partial charge in [0.25, 0.3) is 0 Å². The summed E-state index contributed by atoms with van der Waals surface area (Å²) in [4.78, 5) is 10.5. The van der Waals surface area contributed by atoms with Crippen molar-refractivity contribution in [1.82, 2.24) is 0 Å². The summed E-state index contributed by atoms with van der Waals surface area (Å²) in [7, 11) is 0. The number of carbonyl (C=O) groups is 1. The van der Waals surface area contributed by atoms with Gasteiger partial charge in [0, 0.05) is 0 Å². The van der Waals surface area contributed by atoms with Crippen molar-refractivity contribution in [2.24, 2.45) is 11.8 Å². The monoisotopic (exact) mass is 140 g/mol. The van der Waals surface area contributed by atoms with Gasteiger partial charge in [-0.1, -0.05) is 19.1 Å².